The maximum Gasteiger partial charge on any atom is 0.168 e. The first-order chi connectivity index (χ1) is 9.70. The number of rotatable bonds is 5. The molecule has 3 heteroatoms. The Morgan fingerprint density at radius 3 is 2.50 bits per heavy atom. The van der Waals surface area contributed by atoms with Crippen LogP contribution in [0.5, 0.6) is 5.75 Å². The van der Waals surface area contributed by atoms with Crippen LogP contribution in [0.1, 0.15) is 22.3 Å². The van der Waals surface area contributed by atoms with Gasteiger partial charge in [0.1, 0.15) is 5.75 Å². The molecule has 0 radical (unpaired) electrons. The van der Waals surface area contributed by atoms with E-state index in [0.29, 0.717) is 12.0 Å². The van der Waals surface area contributed by atoms with E-state index in [1.54, 1.807) is 37.6 Å². The third-order valence-corrected chi connectivity index (χ3v) is 3.03. The Labute approximate surface area is 118 Å². The second-order valence-corrected chi connectivity index (χ2v) is 4.45. The van der Waals surface area contributed by atoms with Crippen LogP contribution >= 0.6 is 0 Å². The maximum absolute atomic E-state index is 12.0. The Bertz CT molecular complexity index is 615. The first-order valence-corrected chi connectivity index (χ1v) is 6.46. The Balaban J connectivity index is 1.99. The Morgan fingerprint density at radius 2 is 1.85 bits per heavy atom. The van der Waals surface area contributed by atoms with E-state index in [1.807, 2.05) is 31.2 Å². The van der Waals surface area contributed by atoms with Gasteiger partial charge in [-0.3, -0.25) is 9.79 Å². The van der Waals surface area contributed by atoms with Crippen molar-refractivity contribution in [3.8, 4) is 5.75 Å². The monoisotopic (exact) mass is 267 g/mol. The molecule has 0 aliphatic heterocycles. The fraction of sp³-hybridized carbons (Fsp3) is 0.176. The molecule has 0 unspecified atom stereocenters. The maximum atomic E-state index is 12.0. The van der Waals surface area contributed by atoms with E-state index in [0.717, 1.165) is 17.0 Å². The summed E-state index contributed by atoms with van der Waals surface area (Å²) in [4.78, 5) is 16.3. The van der Waals surface area contributed by atoms with Crippen molar-refractivity contribution in [3.05, 3.63) is 59.7 Å². The number of ketones is 1. The topological polar surface area (TPSA) is 38.7 Å². The molecule has 0 N–H and O–H groups in total. The van der Waals surface area contributed by atoms with Gasteiger partial charge in [0.15, 0.2) is 5.78 Å². The number of carbonyl (C=O) groups excluding carboxylic acids is 1. The van der Waals surface area contributed by atoms with E-state index in [4.69, 9.17) is 4.74 Å². The lowest BCUT2D eigenvalue weighted by Gasteiger charge is -2.01. The Morgan fingerprint density at radius 1 is 1.15 bits per heavy atom. The molecule has 3 nitrogen and oxygen atoms in total. The molecule has 0 aliphatic carbocycles. The highest BCUT2D eigenvalue weighted by atomic mass is 16.5. The summed E-state index contributed by atoms with van der Waals surface area (Å²) in [6.07, 6.45) is 1.95. The van der Waals surface area contributed by atoms with Crippen molar-refractivity contribution in [1.29, 1.82) is 0 Å². The normalized spacial score (nSPS) is 10.7. The second-order valence-electron chi connectivity index (χ2n) is 4.45. The fourth-order valence-electron chi connectivity index (χ4n) is 1.83. The molecule has 2 aromatic carbocycles. The minimum atomic E-state index is 0.0463. The molecule has 2 rings (SSSR count). The van der Waals surface area contributed by atoms with Crippen LogP contribution in [0.15, 0.2) is 53.5 Å². The molecule has 0 amide bonds. The lowest BCUT2D eigenvalue weighted by molar-refractivity contribution is 0.100. The predicted octanol–water partition coefficient (Wildman–Crippen LogP) is 3.98. The van der Waals surface area contributed by atoms with Crippen molar-refractivity contribution in [2.75, 3.05) is 7.11 Å². The van der Waals surface area contributed by atoms with Gasteiger partial charge in [0.25, 0.3) is 0 Å². The lowest BCUT2D eigenvalue weighted by atomic mass is 10.1. The van der Waals surface area contributed by atoms with Gasteiger partial charge in [-0.25, -0.2) is 0 Å². The second kappa shape index (κ2) is 6.66. The molecule has 0 aliphatic rings. The van der Waals surface area contributed by atoms with Gasteiger partial charge in [-0.2, -0.15) is 0 Å². The number of aliphatic imine (C=N–C) groups is 1. The molecule has 0 aromatic heterocycles. The molecule has 0 heterocycles. The number of methoxy groups -OCH3 is 1. The van der Waals surface area contributed by atoms with Gasteiger partial charge in [-0.05, 0) is 42.8 Å². The van der Waals surface area contributed by atoms with E-state index < -0.39 is 0 Å². The van der Waals surface area contributed by atoms with Crippen LogP contribution in [-0.2, 0) is 0 Å². The number of hydrogen-bond donors (Lipinski definition) is 0. The van der Waals surface area contributed by atoms with Crippen molar-refractivity contribution < 1.29 is 9.53 Å². The average Bonchev–Trinajstić information content (AvgIpc) is 2.49. The summed E-state index contributed by atoms with van der Waals surface area (Å²) < 4.78 is 5.06. The zero-order chi connectivity index (χ0) is 14.4. The SMILES string of the molecule is COc1ccc(C(=O)CC=Nc2ccccc2C)cc1. The van der Waals surface area contributed by atoms with Crippen LogP contribution < -0.4 is 4.74 Å². The molecular formula is C17H17NO2. The third kappa shape index (κ3) is 3.54. The highest BCUT2D eigenvalue weighted by molar-refractivity contribution is 6.03. The number of ether oxygens (including phenoxy) is 1. The van der Waals surface area contributed by atoms with Crippen LogP contribution in [0.3, 0.4) is 0 Å². The quantitative estimate of drug-likeness (QED) is 0.607. The van der Waals surface area contributed by atoms with Crippen LogP contribution in [0.2, 0.25) is 0 Å². The van der Waals surface area contributed by atoms with E-state index in [2.05, 4.69) is 4.99 Å². The number of nitrogens with zero attached hydrogens (tertiary/aromatic N) is 1. The summed E-state index contributed by atoms with van der Waals surface area (Å²) in [5.74, 6) is 0.792. The molecule has 102 valence electrons. The number of Topliss-reactive ketones (excluding diaryl/α,β-unsaturated/α-hetero) is 1. The van der Waals surface area contributed by atoms with Crippen molar-refractivity contribution >= 4 is 17.7 Å². The van der Waals surface area contributed by atoms with Gasteiger partial charge in [-0.1, -0.05) is 18.2 Å². The van der Waals surface area contributed by atoms with Gasteiger partial charge in [0.05, 0.1) is 12.8 Å². The molecule has 0 spiro atoms. The van der Waals surface area contributed by atoms with E-state index >= 15 is 0 Å². The van der Waals surface area contributed by atoms with Gasteiger partial charge in [-0.15, -0.1) is 0 Å². The van der Waals surface area contributed by atoms with Gasteiger partial charge >= 0.3 is 0 Å². The lowest BCUT2D eigenvalue weighted by Crippen LogP contribution is -1.99. The van der Waals surface area contributed by atoms with Gasteiger partial charge < -0.3 is 4.74 Å². The standard InChI is InChI=1S/C17H17NO2/c1-13-5-3-4-6-16(13)18-12-11-17(19)14-7-9-15(20-2)10-8-14/h3-10,12H,11H2,1-2H3. The molecule has 20 heavy (non-hydrogen) atoms. The van der Waals surface area contributed by atoms with Crippen LogP contribution in [0.4, 0.5) is 5.69 Å². The molecule has 0 atom stereocenters. The highest BCUT2D eigenvalue weighted by Crippen LogP contribution is 2.17. The Hall–Kier alpha value is -2.42. The molecule has 0 saturated heterocycles. The number of hydrogen-bond acceptors (Lipinski definition) is 3. The number of aryl methyl sites for hydroxylation is 1. The molecule has 0 bridgehead atoms. The van der Waals surface area contributed by atoms with Crippen LogP contribution in [-0.4, -0.2) is 19.1 Å². The molecule has 0 saturated carbocycles. The minimum Gasteiger partial charge on any atom is -0.497 e. The summed E-state index contributed by atoms with van der Waals surface area (Å²) in [6.45, 7) is 2.00. The average molecular weight is 267 g/mol. The minimum absolute atomic E-state index is 0.0463. The van der Waals surface area contributed by atoms with Crippen molar-refractivity contribution in [1.82, 2.24) is 0 Å². The van der Waals surface area contributed by atoms with Gasteiger partial charge in [0.2, 0.25) is 0 Å². The summed E-state index contributed by atoms with van der Waals surface area (Å²) in [7, 11) is 1.60. The zero-order valence-corrected chi connectivity index (χ0v) is 11.7. The van der Waals surface area contributed by atoms with E-state index in [9.17, 15) is 4.79 Å². The van der Waals surface area contributed by atoms with Crippen molar-refractivity contribution in [3.63, 3.8) is 0 Å². The first kappa shape index (κ1) is 14.0. The summed E-state index contributed by atoms with van der Waals surface area (Å²) in [5, 5.41) is 0. The van der Waals surface area contributed by atoms with Crippen LogP contribution in [0.25, 0.3) is 0 Å². The predicted molar refractivity (Wildman–Crippen MR) is 81.3 cm³/mol. The fourth-order valence-corrected chi connectivity index (χ4v) is 1.83. The highest BCUT2D eigenvalue weighted by Gasteiger charge is 2.04. The summed E-state index contributed by atoms with van der Waals surface area (Å²) in [5.41, 5.74) is 2.66. The van der Waals surface area contributed by atoms with Gasteiger partial charge in [0, 0.05) is 18.2 Å². The Kier molecular flexibility index (Phi) is 4.66. The first-order valence-electron chi connectivity index (χ1n) is 6.46. The molecular weight excluding hydrogens is 250 g/mol. The summed E-state index contributed by atoms with van der Waals surface area (Å²) >= 11 is 0. The van der Waals surface area contributed by atoms with E-state index in [-0.39, 0.29) is 5.78 Å². The number of benzene rings is 2. The third-order valence-electron chi connectivity index (χ3n) is 3.03. The molecule has 0 fully saturated rings. The van der Waals surface area contributed by atoms with Crippen molar-refractivity contribution in [2.24, 2.45) is 4.99 Å². The van der Waals surface area contributed by atoms with Crippen LogP contribution in [0, 0.1) is 6.92 Å². The van der Waals surface area contributed by atoms with Crippen molar-refractivity contribution in [2.45, 2.75) is 13.3 Å². The van der Waals surface area contributed by atoms with E-state index in [1.165, 1.54) is 0 Å². The largest absolute Gasteiger partial charge is 0.497 e. The summed E-state index contributed by atoms with van der Waals surface area (Å²) in [6, 6.07) is 14.9. The smallest absolute Gasteiger partial charge is 0.168 e. The number of carbonyl (C=O) groups is 1. The molecule has 2 aromatic rings. The zero-order valence-electron chi connectivity index (χ0n) is 11.7. The number of para-hydroxylation sites is 1.